The minimum Gasteiger partial charge on any atom is -0.316 e. The number of hydrogen-bond donors (Lipinski definition) is 2. The van der Waals surface area contributed by atoms with Gasteiger partial charge in [0.2, 0.25) is 10.0 Å². The van der Waals surface area contributed by atoms with Gasteiger partial charge in [-0.3, -0.25) is 0 Å². The van der Waals surface area contributed by atoms with Gasteiger partial charge in [0, 0.05) is 18.1 Å². The predicted octanol–water partition coefficient (Wildman–Crippen LogP) is 2.21. The number of hydrogen-bond acceptors (Lipinski definition) is 5. The summed E-state index contributed by atoms with van der Waals surface area (Å²) in [6.07, 6.45) is 1.67. The highest BCUT2D eigenvalue weighted by Gasteiger charge is 2.20. The van der Waals surface area contributed by atoms with Crippen molar-refractivity contribution in [2.45, 2.75) is 31.3 Å². The number of aromatic nitrogens is 1. The maximum absolute atomic E-state index is 12.5. The van der Waals surface area contributed by atoms with E-state index in [1.54, 1.807) is 25.3 Å². The van der Waals surface area contributed by atoms with Crippen molar-refractivity contribution in [3.8, 4) is 0 Å². The standard InChI is InChI=1S/C14H19N3O2S2/c1-10-4-5-13(8-12(10)9-15-3)21(18,19)17-11(2)14-16-6-7-20-14/h4-8,11,15,17H,9H2,1-3H3. The maximum Gasteiger partial charge on any atom is 0.241 e. The molecule has 0 radical (unpaired) electrons. The lowest BCUT2D eigenvalue weighted by Crippen LogP contribution is -2.27. The summed E-state index contributed by atoms with van der Waals surface area (Å²) in [6.45, 7) is 4.39. The van der Waals surface area contributed by atoms with Crippen LogP contribution in [-0.4, -0.2) is 20.4 Å². The van der Waals surface area contributed by atoms with Crippen molar-refractivity contribution < 1.29 is 8.42 Å². The molecule has 114 valence electrons. The molecule has 2 rings (SSSR count). The van der Waals surface area contributed by atoms with Crippen LogP contribution in [0.3, 0.4) is 0 Å². The van der Waals surface area contributed by atoms with Crippen LogP contribution < -0.4 is 10.0 Å². The van der Waals surface area contributed by atoms with Gasteiger partial charge < -0.3 is 5.32 Å². The molecule has 0 saturated heterocycles. The summed E-state index contributed by atoms with van der Waals surface area (Å²) in [4.78, 5) is 4.42. The second-order valence-corrected chi connectivity index (χ2v) is 7.47. The SMILES string of the molecule is CNCc1cc(S(=O)(=O)NC(C)c2nccs2)ccc1C. The number of nitrogens with zero attached hydrogens (tertiary/aromatic N) is 1. The fourth-order valence-corrected chi connectivity index (χ4v) is 3.97. The first kappa shape index (κ1) is 16.1. The van der Waals surface area contributed by atoms with E-state index in [9.17, 15) is 8.42 Å². The van der Waals surface area contributed by atoms with Gasteiger partial charge in [0.15, 0.2) is 0 Å². The number of sulfonamides is 1. The summed E-state index contributed by atoms with van der Waals surface area (Å²) < 4.78 is 27.6. The summed E-state index contributed by atoms with van der Waals surface area (Å²) in [5.41, 5.74) is 2.04. The third-order valence-corrected chi connectivity index (χ3v) is 5.65. The van der Waals surface area contributed by atoms with Gasteiger partial charge in [0.25, 0.3) is 0 Å². The summed E-state index contributed by atoms with van der Waals surface area (Å²) in [5, 5.41) is 5.62. The third kappa shape index (κ3) is 3.88. The molecular formula is C14H19N3O2S2. The van der Waals surface area contributed by atoms with Crippen LogP contribution in [-0.2, 0) is 16.6 Å². The van der Waals surface area contributed by atoms with E-state index in [1.165, 1.54) is 11.3 Å². The average molecular weight is 325 g/mol. The van der Waals surface area contributed by atoms with Crippen LogP contribution in [0.15, 0.2) is 34.7 Å². The van der Waals surface area contributed by atoms with Gasteiger partial charge in [-0.2, -0.15) is 0 Å². The van der Waals surface area contributed by atoms with Crippen molar-refractivity contribution >= 4 is 21.4 Å². The van der Waals surface area contributed by atoms with E-state index in [2.05, 4.69) is 15.0 Å². The normalized spacial score (nSPS) is 13.3. The highest BCUT2D eigenvalue weighted by molar-refractivity contribution is 7.89. The second kappa shape index (κ2) is 6.65. The summed E-state index contributed by atoms with van der Waals surface area (Å²) in [7, 11) is -1.72. The molecule has 0 bridgehead atoms. The Morgan fingerprint density at radius 3 is 2.76 bits per heavy atom. The molecule has 21 heavy (non-hydrogen) atoms. The Hall–Kier alpha value is -1.28. The van der Waals surface area contributed by atoms with Gasteiger partial charge in [-0.15, -0.1) is 11.3 Å². The average Bonchev–Trinajstić information content (AvgIpc) is 2.95. The molecule has 0 aliphatic rings. The lowest BCUT2D eigenvalue weighted by Gasteiger charge is -2.13. The monoisotopic (exact) mass is 325 g/mol. The van der Waals surface area contributed by atoms with Crippen molar-refractivity contribution in [3.63, 3.8) is 0 Å². The molecule has 5 nitrogen and oxygen atoms in total. The van der Waals surface area contributed by atoms with Crippen LogP contribution in [0.4, 0.5) is 0 Å². The molecule has 1 aromatic heterocycles. The third-order valence-electron chi connectivity index (χ3n) is 3.15. The molecule has 1 aromatic carbocycles. The van der Waals surface area contributed by atoms with Gasteiger partial charge >= 0.3 is 0 Å². The Labute approximate surface area is 129 Å². The van der Waals surface area contributed by atoms with Crippen LogP contribution in [0.1, 0.15) is 29.1 Å². The molecule has 1 atom stereocenters. The van der Waals surface area contributed by atoms with E-state index >= 15 is 0 Å². The fraction of sp³-hybridized carbons (Fsp3) is 0.357. The Kier molecular flexibility index (Phi) is 5.10. The Bertz CT molecular complexity index is 697. The topological polar surface area (TPSA) is 71.1 Å². The van der Waals surface area contributed by atoms with E-state index in [-0.39, 0.29) is 10.9 Å². The Morgan fingerprint density at radius 1 is 1.38 bits per heavy atom. The number of aryl methyl sites for hydroxylation is 1. The molecule has 2 aromatic rings. The number of thiazole rings is 1. The Morgan fingerprint density at radius 2 is 2.14 bits per heavy atom. The predicted molar refractivity (Wildman–Crippen MR) is 84.8 cm³/mol. The molecule has 1 heterocycles. The lowest BCUT2D eigenvalue weighted by atomic mass is 10.1. The van der Waals surface area contributed by atoms with Crippen molar-refractivity contribution in [1.29, 1.82) is 0 Å². The van der Waals surface area contributed by atoms with E-state index in [4.69, 9.17) is 0 Å². The van der Waals surface area contributed by atoms with E-state index < -0.39 is 10.0 Å². The second-order valence-electron chi connectivity index (χ2n) is 4.83. The van der Waals surface area contributed by atoms with Crippen molar-refractivity contribution in [2.24, 2.45) is 0 Å². The minimum atomic E-state index is -3.55. The van der Waals surface area contributed by atoms with E-state index in [0.29, 0.717) is 6.54 Å². The quantitative estimate of drug-likeness (QED) is 0.854. The summed E-state index contributed by atoms with van der Waals surface area (Å²) in [6, 6.07) is 4.83. The zero-order chi connectivity index (χ0) is 15.5. The van der Waals surface area contributed by atoms with Crippen LogP contribution in [0.5, 0.6) is 0 Å². The Balaban J connectivity index is 2.25. The zero-order valence-corrected chi connectivity index (χ0v) is 13.9. The summed E-state index contributed by atoms with van der Waals surface area (Å²) >= 11 is 1.43. The molecule has 1 unspecified atom stereocenters. The smallest absolute Gasteiger partial charge is 0.241 e. The van der Waals surface area contributed by atoms with E-state index in [0.717, 1.165) is 16.1 Å². The molecule has 0 amide bonds. The summed E-state index contributed by atoms with van der Waals surface area (Å²) in [5.74, 6) is 0. The molecule has 0 aliphatic carbocycles. The van der Waals surface area contributed by atoms with Crippen LogP contribution >= 0.6 is 11.3 Å². The zero-order valence-electron chi connectivity index (χ0n) is 12.3. The van der Waals surface area contributed by atoms with E-state index in [1.807, 2.05) is 25.4 Å². The first-order valence-electron chi connectivity index (χ1n) is 6.60. The molecule has 0 aliphatic heterocycles. The lowest BCUT2D eigenvalue weighted by molar-refractivity contribution is 0.566. The molecule has 0 saturated carbocycles. The number of benzene rings is 1. The van der Waals surface area contributed by atoms with Crippen LogP contribution in [0.25, 0.3) is 0 Å². The molecule has 7 heteroatoms. The highest BCUT2D eigenvalue weighted by Crippen LogP contribution is 2.20. The van der Waals surface area contributed by atoms with Crippen molar-refractivity contribution in [2.75, 3.05) is 7.05 Å². The van der Waals surface area contributed by atoms with Gasteiger partial charge in [-0.1, -0.05) is 6.07 Å². The molecule has 2 N–H and O–H groups in total. The van der Waals surface area contributed by atoms with Gasteiger partial charge in [0.1, 0.15) is 5.01 Å². The molecule has 0 spiro atoms. The maximum atomic E-state index is 12.5. The van der Waals surface area contributed by atoms with Crippen LogP contribution in [0.2, 0.25) is 0 Å². The number of rotatable bonds is 6. The fourth-order valence-electron chi connectivity index (χ4n) is 2.00. The van der Waals surface area contributed by atoms with Gasteiger partial charge in [-0.25, -0.2) is 18.1 Å². The molecule has 0 fully saturated rings. The first-order valence-corrected chi connectivity index (χ1v) is 8.96. The van der Waals surface area contributed by atoms with Gasteiger partial charge in [-0.05, 0) is 44.2 Å². The largest absolute Gasteiger partial charge is 0.316 e. The van der Waals surface area contributed by atoms with Crippen LogP contribution in [0, 0.1) is 6.92 Å². The van der Waals surface area contributed by atoms with Crippen molar-refractivity contribution in [3.05, 3.63) is 45.9 Å². The number of nitrogens with one attached hydrogen (secondary N) is 2. The first-order chi connectivity index (χ1) is 9.94. The minimum absolute atomic E-state index is 0.279. The van der Waals surface area contributed by atoms with Crippen molar-refractivity contribution in [1.82, 2.24) is 15.0 Å². The molecular weight excluding hydrogens is 306 g/mol. The van der Waals surface area contributed by atoms with Gasteiger partial charge in [0.05, 0.1) is 10.9 Å². The highest BCUT2D eigenvalue weighted by atomic mass is 32.2.